The van der Waals surface area contributed by atoms with E-state index in [9.17, 15) is 4.79 Å². The van der Waals surface area contributed by atoms with Crippen LogP contribution in [0.1, 0.15) is 50.5 Å². The SMILES string of the molecule is N=C(Nc1ccc(CCCC(=O)N2CCCCC2)cc1)N1CCCC1. The van der Waals surface area contributed by atoms with E-state index >= 15 is 0 Å². The maximum atomic E-state index is 12.2. The number of likely N-dealkylation sites (tertiary alicyclic amines) is 2. The Kier molecular flexibility index (Phi) is 6.31. The van der Waals surface area contributed by atoms with E-state index in [1.807, 2.05) is 17.0 Å². The first-order chi connectivity index (χ1) is 12.2. The van der Waals surface area contributed by atoms with Crippen LogP contribution in [0.5, 0.6) is 0 Å². The molecule has 5 heteroatoms. The van der Waals surface area contributed by atoms with Crippen LogP contribution in [0.15, 0.2) is 24.3 Å². The largest absolute Gasteiger partial charge is 0.343 e. The highest BCUT2D eigenvalue weighted by molar-refractivity contribution is 5.91. The molecule has 1 amide bonds. The second-order valence-electron chi connectivity index (χ2n) is 7.16. The molecule has 0 aliphatic carbocycles. The minimum atomic E-state index is 0.317. The molecule has 2 fully saturated rings. The molecule has 1 aromatic carbocycles. The minimum absolute atomic E-state index is 0.317. The summed E-state index contributed by atoms with van der Waals surface area (Å²) < 4.78 is 0. The number of benzene rings is 1. The van der Waals surface area contributed by atoms with E-state index in [0.29, 0.717) is 18.3 Å². The second-order valence-corrected chi connectivity index (χ2v) is 7.16. The van der Waals surface area contributed by atoms with Crippen LogP contribution in [0.2, 0.25) is 0 Å². The molecule has 2 N–H and O–H groups in total. The van der Waals surface area contributed by atoms with Gasteiger partial charge in [-0.25, -0.2) is 0 Å². The highest BCUT2D eigenvalue weighted by atomic mass is 16.2. The number of nitrogens with zero attached hydrogens (tertiary/aromatic N) is 2. The zero-order valence-corrected chi connectivity index (χ0v) is 15.1. The molecule has 2 saturated heterocycles. The van der Waals surface area contributed by atoms with Gasteiger partial charge in [0.15, 0.2) is 5.96 Å². The predicted octanol–water partition coefficient (Wildman–Crippen LogP) is 3.46. The number of hydrogen-bond acceptors (Lipinski definition) is 2. The monoisotopic (exact) mass is 342 g/mol. The molecule has 136 valence electrons. The van der Waals surface area contributed by atoms with Crippen molar-refractivity contribution in [1.82, 2.24) is 9.80 Å². The van der Waals surface area contributed by atoms with E-state index in [0.717, 1.165) is 57.5 Å². The molecule has 0 atom stereocenters. The Morgan fingerprint density at radius 1 is 0.920 bits per heavy atom. The zero-order chi connectivity index (χ0) is 17.5. The van der Waals surface area contributed by atoms with Gasteiger partial charge in [-0.1, -0.05) is 12.1 Å². The van der Waals surface area contributed by atoms with Gasteiger partial charge in [-0.05, 0) is 62.6 Å². The average Bonchev–Trinajstić information content (AvgIpc) is 3.19. The highest BCUT2D eigenvalue weighted by Crippen LogP contribution is 2.15. The van der Waals surface area contributed by atoms with Crippen LogP contribution in [0.4, 0.5) is 5.69 Å². The van der Waals surface area contributed by atoms with E-state index in [2.05, 4.69) is 22.3 Å². The summed E-state index contributed by atoms with van der Waals surface area (Å²) in [6.07, 6.45) is 8.44. The first kappa shape index (κ1) is 17.8. The molecule has 0 saturated carbocycles. The quantitative estimate of drug-likeness (QED) is 0.636. The molecule has 25 heavy (non-hydrogen) atoms. The number of rotatable bonds is 5. The zero-order valence-electron chi connectivity index (χ0n) is 15.1. The summed E-state index contributed by atoms with van der Waals surface area (Å²) in [6, 6.07) is 8.27. The third-order valence-electron chi connectivity index (χ3n) is 5.20. The first-order valence-corrected chi connectivity index (χ1v) is 9.69. The fourth-order valence-electron chi connectivity index (χ4n) is 3.66. The van der Waals surface area contributed by atoms with Gasteiger partial charge in [-0.15, -0.1) is 0 Å². The van der Waals surface area contributed by atoms with Crippen molar-refractivity contribution in [2.24, 2.45) is 0 Å². The topological polar surface area (TPSA) is 59.4 Å². The van der Waals surface area contributed by atoms with Gasteiger partial charge < -0.3 is 15.1 Å². The molecule has 0 aromatic heterocycles. The molecule has 2 heterocycles. The van der Waals surface area contributed by atoms with Gasteiger partial charge in [-0.3, -0.25) is 10.2 Å². The van der Waals surface area contributed by atoms with Crippen LogP contribution in [-0.2, 0) is 11.2 Å². The van der Waals surface area contributed by atoms with Crippen molar-refractivity contribution < 1.29 is 4.79 Å². The molecule has 3 rings (SSSR count). The van der Waals surface area contributed by atoms with Crippen molar-refractivity contribution >= 4 is 17.6 Å². The third kappa shape index (κ3) is 5.21. The molecule has 0 unspecified atom stereocenters. The number of piperidine rings is 1. The average molecular weight is 342 g/mol. The van der Waals surface area contributed by atoms with Crippen molar-refractivity contribution in [3.05, 3.63) is 29.8 Å². The van der Waals surface area contributed by atoms with E-state index in [-0.39, 0.29) is 0 Å². The summed E-state index contributed by atoms with van der Waals surface area (Å²) in [5, 5.41) is 11.3. The molecular formula is C20H30N4O. The van der Waals surface area contributed by atoms with Gasteiger partial charge in [0.25, 0.3) is 0 Å². The van der Waals surface area contributed by atoms with E-state index < -0.39 is 0 Å². The van der Waals surface area contributed by atoms with Gasteiger partial charge in [-0.2, -0.15) is 0 Å². The first-order valence-electron chi connectivity index (χ1n) is 9.69. The predicted molar refractivity (Wildman–Crippen MR) is 102 cm³/mol. The molecule has 2 aliphatic heterocycles. The van der Waals surface area contributed by atoms with Crippen molar-refractivity contribution in [2.75, 3.05) is 31.5 Å². The van der Waals surface area contributed by atoms with Crippen molar-refractivity contribution in [3.63, 3.8) is 0 Å². The van der Waals surface area contributed by atoms with Gasteiger partial charge in [0.2, 0.25) is 5.91 Å². The Hall–Kier alpha value is -2.04. The minimum Gasteiger partial charge on any atom is -0.343 e. The number of guanidine groups is 1. The summed E-state index contributed by atoms with van der Waals surface area (Å²) in [4.78, 5) is 16.3. The van der Waals surface area contributed by atoms with Crippen LogP contribution in [0.25, 0.3) is 0 Å². The van der Waals surface area contributed by atoms with Gasteiger partial charge in [0, 0.05) is 38.3 Å². The summed E-state index contributed by atoms with van der Waals surface area (Å²) in [7, 11) is 0. The number of anilines is 1. The highest BCUT2D eigenvalue weighted by Gasteiger charge is 2.16. The number of aryl methyl sites for hydroxylation is 1. The Morgan fingerprint density at radius 3 is 2.20 bits per heavy atom. The standard InChI is InChI=1S/C20H30N4O/c21-20(24-15-4-5-16-24)22-18-11-9-17(10-12-18)7-6-8-19(25)23-13-2-1-3-14-23/h9-12H,1-8,13-16H2,(H2,21,22). The molecule has 2 aliphatic rings. The van der Waals surface area contributed by atoms with Gasteiger partial charge in [0.05, 0.1) is 0 Å². The number of carbonyl (C=O) groups is 1. The smallest absolute Gasteiger partial charge is 0.222 e. The summed E-state index contributed by atoms with van der Waals surface area (Å²) in [6.45, 7) is 3.86. The Labute approximate surface area is 150 Å². The molecule has 0 spiro atoms. The fourth-order valence-corrected chi connectivity index (χ4v) is 3.66. The summed E-state index contributed by atoms with van der Waals surface area (Å²) >= 11 is 0. The van der Waals surface area contributed by atoms with Crippen LogP contribution >= 0.6 is 0 Å². The van der Waals surface area contributed by atoms with Gasteiger partial charge >= 0.3 is 0 Å². The molecular weight excluding hydrogens is 312 g/mol. The van der Waals surface area contributed by atoms with E-state index in [4.69, 9.17) is 5.41 Å². The molecule has 1 aromatic rings. The number of hydrogen-bond donors (Lipinski definition) is 2. The van der Waals surface area contributed by atoms with Crippen molar-refractivity contribution in [3.8, 4) is 0 Å². The molecule has 0 bridgehead atoms. The lowest BCUT2D eigenvalue weighted by molar-refractivity contribution is -0.132. The van der Waals surface area contributed by atoms with Crippen LogP contribution in [0.3, 0.4) is 0 Å². The lowest BCUT2D eigenvalue weighted by atomic mass is 10.1. The van der Waals surface area contributed by atoms with Crippen LogP contribution in [0, 0.1) is 5.41 Å². The summed E-state index contributed by atoms with van der Waals surface area (Å²) in [5.74, 6) is 0.814. The number of nitrogens with one attached hydrogen (secondary N) is 2. The Balaban J connectivity index is 1.39. The van der Waals surface area contributed by atoms with Crippen molar-refractivity contribution in [2.45, 2.75) is 51.4 Å². The fraction of sp³-hybridized carbons (Fsp3) is 0.600. The molecule has 0 radical (unpaired) electrons. The maximum absolute atomic E-state index is 12.2. The molecule has 5 nitrogen and oxygen atoms in total. The van der Waals surface area contributed by atoms with Crippen molar-refractivity contribution in [1.29, 1.82) is 5.41 Å². The third-order valence-corrected chi connectivity index (χ3v) is 5.20. The lowest BCUT2D eigenvalue weighted by Crippen LogP contribution is -2.35. The normalized spacial score (nSPS) is 17.6. The Morgan fingerprint density at radius 2 is 1.52 bits per heavy atom. The number of carbonyl (C=O) groups excluding carboxylic acids is 1. The van der Waals surface area contributed by atoms with Crippen LogP contribution in [-0.4, -0.2) is 47.8 Å². The van der Waals surface area contributed by atoms with Gasteiger partial charge in [0.1, 0.15) is 0 Å². The number of amides is 1. The Bertz CT molecular complexity index is 572. The van der Waals surface area contributed by atoms with Crippen LogP contribution < -0.4 is 5.32 Å². The second kappa shape index (κ2) is 8.88. The summed E-state index contributed by atoms with van der Waals surface area (Å²) in [5.41, 5.74) is 2.22. The van der Waals surface area contributed by atoms with E-state index in [1.54, 1.807) is 0 Å². The lowest BCUT2D eigenvalue weighted by Gasteiger charge is -2.26. The van der Waals surface area contributed by atoms with E-state index in [1.165, 1.54) is 24.8 Å². The maximum Gasteiger partial charge on any atom is 0.222 e.